The molecule has 0 saturated carbocycles. The molecule has 1 aliphatic heterocycles. The van der Waals surface area contributed by atoms with Gasteiger partial charge in [-0.2, -0.15) is 0 Å². The quantitative estimate of drug-likeness (QED) is 0.584. The van der Waals surface area contributed by atoms with Gasteiger partial charge >= 0.3 is 5.97 Å². The highest BCUT2D eigenvalue weighted by molar-refractivity contribution is 7.89. The maximum atomic E-state index is 12.4. The van der Waals surface area contributed by atoms with Crippen LogP contribution in [-0.4, -0.2) is 48.4 Å². The van der Waals surface area contributed by atoms with E-state index in [0.29, 0.717) is 36.6 Å². The molecule has 0 aliphatic carbocycles. The van der Waals surface area contributed by atoms with Gasteiger partial charge in [0.2, 0.25) is 15.9 Å². The first-order valence-corrected chi connectivity index (χ1v) is 13.1. The molecule has 8 nitrogen and oxygen atoms in total. The second-order valence-electron chi connectivity index (χ2n) is 7.96. The fraction of sp³-hybridized carbons (Fsp3) is 0.500. The number of amides is 1. The van der Waals surface area contributed by atoms with Crippen molar-refractivity contribution in [3.63, 3.8) is 0 Å². The van der Waals surface area contributed by atoms with Gasteiger partial charge in [-0.3, -0.25) is 9.59 Å². The number of aromatic nitrogens is 1. The first-order valence-electron chi connectivity index (χ1n) is 10.6. The molecule has 1 fully saturated rings. The molecule has 32 heavy (non-hydrogen) atoms. The van der Waals surface area contributed by atoms with E-state index in [-0.39, 0.29) is 36.6 Å². The third-order valence-corrected chi connectivity index (χ3v) is 8.27. The first-order chi connectivity index (χ1) is 15.2. The Morgan fingerprint density at radius 1 is 1.25 bits per heavy atom. The van der Waals surface area contributed by atoms with Crippen LogP contribution in [0.15, 0.2) is 23.6 Å². The van der Waals surface area contributed by atoms with Crippen molar-refractivity contribution in [1.82, 2.24) is 9.29 Å². The number of benzene rings is 1. The number of sulfonamides is 1. The van der Waals surface area contributed by atoms with Crippen molar-refractivity contribution in [2.75, 3.05) is 24.2 Å². The lowest BCUT2D eigenvalue weighted by Crippen LogP contribution is -2.41. The monoisotopic (exact) mass is 479 g/mol. The van der Waals surface area contributed by atoms with Gasteiger partial charge in [-0.25, -0.2) is 17.7 Å². The minimum Gasteiger partial charge on any atom is -0.459 e. The predicted molar refractivity (Wildman–Crippen MR) is 124 cm³/mol. The zero-order chi connectivity index (χ0) is 23.3. The molecule has 1 aromatic heterocycles. The van der Waals surface area contributed by atoms with Crippen LogP contribution >= 0.6 is 11.3 Å². The Labute approximate surface area is 193 Å². The van der Waals surface area contributed by atoms with Crippen LogP contribution in [-0.2, 0) is 37.4 Å². The third-order valence-electron chi connectivity index (χ3n) is 5.49. The Hall–Kier alpha value is -2.30. The molecule has 1 amide bonds. The SMILES string of the molecule is CCS(=O)(=O)N1CCC(C(=O)OCc2csc(CC(=O)Nc3cc(C)ccc3C)n2)CC1. The Morgan fingerprint density at radius 3 is 2.66 bits per heavy atom. The van der Waals surface area contributed by atoms with Crippen LogP contribution in [0.3, 0.4) is 0 Å². The standard InChI is InChI=1S/C22H29N3O5S2/c1-4-32(28,29)25-9-7-17(8-10-25)22(27)30-13-18-14-31-21(23-18)12-20(26)24-19-11-15(2)5-6-16(19)3/h5-6,11,14,17H,4,7-10,12-13H2,1-3H3,(H,24,26). The number of esters is 1. The Kier molecular flexibility index (Phi) is 8.02. The highest BCUT2D eigenvalue weighted by Crippen LogP contribution is 2.22. The van der Waals surface area contributed by atoms with Crippen LogP contribution in [0.5, 0.6) is 0 Å². The third kappa shape index (κ3) is 6.36. The van der Waals surface area contributed by atoms with Crippen molar-refractivity contribution in [2.45, 2.75) is 46.6 Å². The minimum absolute atomic E-state index is 0.0431. The van der Waals surface area contributed by atoms with E-state index in [1.54, 1.807) is 12.3 Å². The van der Waals surface area contributed by atoms with Gasteiger partial charge in [0.05, 0.1) is 23.8 Å². The van der Waals surface area contributed by atoms with Gasteiger partial charge in [-0.05, 0) is 50.8 Å². The second-order valence-corrected chi connectivity index (χ2v) is 11.2. The summed E-state index contributed by atoms with van der Waals surface area (Å²) in [5.74, 6) is -0.720. The van der Waals surface area contributed by atoms with Gasteiger partial charge in [-0.15, -0.1) is 11.3 Å². The fourth-order valence-electron chi connectivity index (χ4n) is 3.51. The van der Waals surface area contributed by atoms with Crippen molar-refractivity contribution in [3.05, 3.63) is 45.4 Å². The lowest BCUT2D eigenvalue weighted by atomic mass is 9.98. The molecule has 10 heteroatoms. The van der Waals surface area contributed by atoms with Crippen LogP contribution in [0.1, 0.15) is 41.6 Å². The minimum atomic E-state index is -3.22. The van der Waals surface area contributed by atoms with E-state index >= 15 is 0 Å². The molecule has 3 rings (SSSR count). The lowest BCUT2D eigenvalue weighted by molar-refractivity contribution is -0.151. The average Bonchev–Trinajstić information content (AvgIpc) is 3.21. The van der Waals surface area contributed by atoms with E-state index in [2.05, 4.69) is 10.3 Å². The number of nitrogens with one attached hydrogen (secondary N) is 1. The number of piperidine rings is 1. The molecule has 1 saturated heterocycles. The zero-order valence-corrected chi connectivity index (χ0v) is 20.2. The average molecular weight is 480 g/mol. The number of thiazole rings is 1. The summed E-state index contributed by atoms with van der Waals surface area (Å²) in [6.45, 7) is 6.25. The number of hydrogen-bond donors (Lipinski definition) is 1. The molecule has 2 heterocycles. The number of hydrogen-bond acceptors (Lipinski definition) is 7. The summed E-state index contributed by atoms with van der Waals surface area (Å²) in [6.07, 6.45) is 1.06. The van der Waals surface area contributed by atoms with Gasteiger partial charge < -0.3 is 10.1 Å². The summed E-state index contributed by atoms with van der Waals surface area (Å²) < 4.78 is 30.7. The summed E-state index contributed by atoms with van der Waals surface area (Å²) >= 11 is 1.35. The molecule has 1 aliphatic rings. The maximum Gasteiger partial charge on any atom is 0.309 e. The molecule has 0 unspecified atom stereocenters. The van der Waals surface area contributed by atoms with E-state index in [4.69, 9.17) is 4.74 Å². The molecule has 174 valence electrons. The van der Waals surface area contributed by atoms with Crippen LogP contribution in [0.4, 0.5) is 5.69 Å². The first kappa shape index (κ1) is 24.3. The predicted octanol–water partition coefficient (Wildman–Crippen LogP) is 3.05. The number of aryl methyl sites for hydroxylation is 2. The molecule has 2 aromatic rings. The lowest BCUT2D eigenvalue weighted by Gasteiger charge is -2.29. The second kappa shape index (κ2) is 10.5. The van der Waals surface area contributed by atoms with Crippen LogP contribution in [0, 0.1) is 19.8 Å². The number of carbonyl (C=O) groups excluding carboxylic acids is 2. The van der Waals surface area contributed by atoms with E-state index < -0.39 is 10.0 Å². The number of carbonyl (C=O) groups is 2. The van der Waals surface area contributed by atoms with Crippen molar-refractivity contribution in [2.24, 2.45) is 5.92 Å². The maximum absolute atomic E-state index is 12.4. The van der Waals surface area contributed by atoms with E-state index in [1.807, 2.05) is 32.0 Å². The number of anilines is 1. The molecule has 0 radical (unpaired) electrons. The van der Waals surface area contributed by atoms with Crippen LogP contribution < -0.4 is 5.32 Å². The molecule has 0 spiro atoms. The summed E-state index contributed by atoms with van der Waals surface area (Å²) in [7, 11) is -3.22. The van der Waals surface area contributed by atoms with Crippen molar-refractivity contribution < 1.29 is 22.7 Å². The van der Waals surface area contributed by atoms with Crippen molar-refractivity contribution in [1.29, 1.82) is 0 Å². The van der Waals surface area contributed by atoms with Gasteiger partial charge in [0.1, 0.15) is 11.6 Å². The highest BCUT2D eigenvalue weighted by atomic mass is 32.2. The summed E-state index contributed by atoms with van der Waals surface area (Å²) in [6, 6.07) is 5.89. The van der Waals surface area contributed by atoms with Crippen LogP contribution in [0.25, 0.3) is 0 Å². The Morgan fingerprint density at radius 2 is 1.97 bits per heavy atom. The van der Waals surface area contributed by atoms with Gasteiger partial charge in [0.15, 0.2) is 0 Å². The van der Waals surface area contributed by atoms with Crippen molar-refractivity contribution in [3.8, 4) is 0 Å². The summed E-state index contributed by atoms with van der Waals surface area (Å²) in [4.78, 5) is 29.1. The molecule has 0 bridgehead atoms. The molecular weight excluding hydrogens is 450 g/mol. The number of nitrogens with zero attached hydrogens (tertiary/aromatic N) is 2. The number of rotatable bonds is 8. The highest BCUT2D eigenvalue weighted by Gasteiger charge is 2.31. The topological polar surface area (TPSA) is 106 Å². The Bertz CT molecular complexity index is 1070. The number of ether oxygens (including phenoxy) is 1. The molecular formula is C22H29N3O5S2. The molecule has 1 N–H and O–H groups in total. The van der Waals surface area contributed by atoms with Crippen molar-refractivity contribution >= 4 is 38.9 Å². The van der Waals surface area contributed by atoms with Gasteiger partial charge in [0.25, 0.3) is 0 Å². The van der Waals surface area contributed by atoms with Gasteiger partial charge in [0, 0.05) is 24.2 Å². The normalized spacial score (nSPS) is 15.5. The molecule has 1 aromatic carbocycles. The van der Waals surface area contributed by atoms with E-state index in [9.17, 15) is 18.0 Å². The molecule has 0 atom stereocenters. The summed E-state index contributed by atoms with van der Waals surface area (Å²) in [5, 5.41) is 5.35. The van der Waals surface area contributed by atoms with Gasteiger partial charge in [-0.1, -0.05) is 12.1 Å². The van der Waals surface area contributed by atoms with Crippen LogP contribution in [0.2, 0.25) is 0 Å². The smallest absolute Gasteiger partial charge is 0.309 e. The fourth-order valence-corrected chi connectivity index (χ4v) is 5.42. The van der Waals surface area contributed by atoms with E-state index in [1.165, 1.54) is 15.6 Å². The van der Waals surface area contributed by atoms with E-state index in [0.717, 1.165) is 16.8 Å². The largest absolute Gasteiger partial charge is 0.459 e. The Balaban J connectivity index is 1.45. The zero-order valence-electron chi connectivity index (χ0n) is 18.6. The summed E-state index contributed by atoms with van der Waals surface area (Å²) in [5.41, 5.74) is 3.46.